The second kappa shape index (κ2) is 20.9. The molecule has 0 bridgehead atoms. The summed E-state index contributed by atoms with van der Waals surface area (Å²) in [6.45, 7) is 19.1. The number of piperidine rings is 1. The molecule has 2 fully saturated rings. The van der Waals surface area contributed by atoms with E-state index in [4.69, 9.17) is 0 Å². The topological polar surface area (TPSA) is 209 Å². The van der Waals surface area contributed by atoms with E-state index >= 15 is 0 Å². The van der Waals surface area contributed by atoms with Gasteiger partial charge in [-0.05, 0) is 63.2 Å². The molecular formula is C40H69N7O9. The van der Waals surface area contributed by atoms with Crippen LogP contribution in [0, 0.1) is 23.7 Å². The van der Waals surface area contributed by atoms with E-state index in [1.165, 1.54) is 44.8 Å². The number of hydrogen-bond donors (Lipinski definition) is 5. The van der Waals surface area contributed by atoms with Crippen LogP contribution < -0.4 is 16.0 Å². The number of aliphatic hydroxyl groups excluding tert-OH is 2. The number of carbonyl (C=O) groups is 7. The molecule has 2 aliphatic rings. The number of nitrogens with one attached hydrogen (secondary N) is 3. The fourth-order valence-corrected chi connectivity index (χ4v) is 7.06. The lowest BCUT2D eigenvalue weighted by Crippen LogP contribution is -2.64. The standard InChI is InChI=1S/C40H69N7O9/c1-14-23(7)20-27-39(55)44(11)26(10)38(54)47-19-17-16-18-28(47)34(50)43-30(32(48)21(3)4)35(51)42-29(24(8)15-2)40(56)45(12)25(9)37(53)46(13)31(36(52)41-27)33(49)22(5)6/h14,21-33,48-49H,1,15-20H2,2-13H3,(H,41,52)(H,42,51)(H,43,50)/t23-,24+,25-,26-,27-,28+,29?,30?,31-,32+,33+/m0/s1. The molecule has 2 unspecified atom stereocenters. The molecule has 16 heteroatoms. The fourth-order valence-electron chi connectivity index (χ4n) is 7.06. The van der Waals surface area contributed by atoms with E-state index in [0.29, 0.717) is 19.3 Å². The lowest BCUT2D eigenvalue weighted by molar-refractivity contribution is -0.153. The number of fused-ring (bicyclic) bond motifs is 1. The first-order chi connectivity index (χ1) is 26.0. The zero-order chi connectivity index (χ0) is 42.9. The average Bonchev–Trinajstić information content (AvgIpc) is 3.17. The van der Waals surface area contributed by atoms with Gasteiger partial charge in [-0.2, -0.15) is 0 Å². The van der Waals surface area contributed by atoms with Gasteiger partial charge in [-0.25, -0.2) is 0 Å². The first-order valence-electron chi connectivity index (χ1n) is 20.0. The van der Waals surface area contributed by atoms with Gasteiger partial charge in [0.1, 0.15) is 42.3 Å². The molecule has 11 atom stereocenters. The summed E-state index contributed by atoms with van der Waals surface area (Å²) in [5, 5.41) is 30.8. The van der Waals surface area contributed by atoms with E-state index in [0.717, 1.165) is 9.80 Å². The minimum Gasteiger partial charge on any atom is -0.390 e. The van der Waals surface area contributed by atoms with Crippen molar-refractivity contribution in [1.82, 2.24) is 35.6 Å². The van der Waals surface area contributed by atoms with E-state index in [1.807, 2.05) is 6.92 Å². The molecule has 0 spiro atoms. The van der Waals surface area contributed by atoms with E-state index in [9.17, 15) is 43.8 Å². The Kier molecular flexibility index (Phi) is 18.0. The van der Waals surface area contributed by atoms with Gasteiger partial charge in [0.15, 0.2) is 0 Å². The fraction of sp³-hybridized carbons (Fsp3) is 0.775. The number of amides is 7. The van der Waals surface area contributed by atoms with E-state index < -0.39 is 114 Å². The molecule has 5 N–H and O–H groups in total. The van der Waals surface area contributed by atoms with Crippen LogP contribution in [-0.2, 0) is 33.6 Å². The van der Waals surface area contributed by atoms with Gasteiger partial charge in [-0.1, -0.05) is 61.0 Å². The summed E-state index contributed by atoms with van der Waals surface area (Å²) in [4.78, 5) is 104. The first kappa shape index (κ1) is 48.1. The highest BCUT2D eigenvalue weighted by Gasteiger charge is 2.44. The Hall–Kier alpha value is -4.05. The Balaban J connectivity index is 2.83. The van der Waals surface area contributed by atoms with Crippen LogP contribution in [0.4, 0.5) is 0 Å². The van der Waals surface area contributed by atoms with Crippen molar-refractivity contribution in [2.45, 2.75) is 149 Å². The van der Waals surface area contributed by atoms with Gasteiger partial charge in [0.25, 0.3) is 0 Å². The predicted molar refractivity (Wildman–Crippen MR) is 211 cm³/mol. The maximum absolute atomic E-state index is 14.2. The van der Waals surface area contributed by atoms with Gasteiger partial charge in [0.2, 0.25) is 41.4 Å². The lowest BCUT2D eigenvalue weighted by Gasteiger charge is -2.39. The molecule has 16 nitrogen and oxygen atoms in total. The number of likely N-dealkylation sites (N-methyl/N-ethyl adjacent to an activating group) is 3. The third kappa shape index (κ3) is 11.3. The van der Waals surface area contributed by atoms with Crippen LogP contribution >= 0.6 is 0 Å². The van der Waals surface area contributed by atoms with Crippen molar-refractivity contribution in [3.63, 3.8) is 0 Å². The highest BCUT2D eigenvalue weighted by Crippen LogP contribution is 2.23. The van der Waals surface area contributed by atoms with Crippen LogP contribution in [0.5, 0.6) is 0 Å². The molecule has 0 aromatic heterocycles. The maximum atomic E-state index is 14.2. The summed E-state index contributed by atoms with van der Waals surface area (Å²) < 4.78 is 0. The van der Waals surface area contributed by atoms with Gasteiger partial charge < -0.3 is 45.8 Å². The summed E-state index contributed by atoms with van der Waals surface area (Å²) in [6, 6.07) is -8.70. The van der Waals surface area contributed by atoms with Crippen molar-refractivity contribution in [3.05, 3.63) is 12.7 Å². The number of carbonyl (C=O) groups excluding carboxylic acids is 7. The van der Waals surface area contributed by atoms with Crippen LogP contribution in [0.1, 0.15) is 94.4 Å². The third-order valence-electron chi connectivity index (χ3n) is 11.7. The molecule has 2 rings (SSSR count). The van der Waals surface area contributed by atoms with Crippen molar-refractivity contribution >= 4 is 41.4 Å². The minimum atomic E-state index is -1.50. The molecule has 7 amide bonds. The van der Waals surface area contributed by atoms with Gasteiger partial charge >= 0.3 is 0 Å². The van der Waals surface area contributed by atoms with E-state index in [2.05, 4.69) is 22.5 Å². The Morgan fingerprint density at radius 3 is 1.77 bits per heavy atom. The smallest absolute Gasteiger partial charge is 0.246 e. The molecule has 56 heavy (non-hydrogen) atoms. The second-order valence-electron chi connectivity index (χ2n) is 16.5. The zero-order valence-corrected chi connectivity index (χ0v) is 35.6. The molecule has 2 saturated heterocycles. The third-order valence-corrected chi connectivity index (χ3v) is 11.7. The monoisotopic (exact) mass is 792 g/mol. The SMILES string of the molecule is C=C[C@H](C)C[C@@H]1NC(=O)[C@H]([C@H](O)C(C)C)N(C)C(=O)[C@H](C)N(C)C(=O)C([C@H](C)CC)NC(=O)C([C@H](O)C(C)C)NC(=O)[C@H]2CCCCN2C(=O)[C@H](C)N(C)C1=O. The summed E-state index contributed by atoms with van der Waals surface area (Å²) in [5.41, 5.74) is 0. The molecule has 0 aliphatic carbocycles. The summed E-state index contributed by atoms with van der Waals surface area (Å²) in [6.07, 6.45) is 0.837. The summed E-state index contributed by atoms with van der Waals surface area (Å²) in [5.74, 6) is -6.53. The number of rotatable bonds is 9. The van der Waals surface area contributed by atoms with Crippen molar-refractivity contribution in [2.24, 2.45) is 23.7 Å². The van der Waals surface area contributed by atoms with Crippen LogP contribution in [0.2, 0.25) is 0 Å². The minimum absolute atomic E-state index is 0.0848. The van der Waals surface area contributed by atoms with E-state index in [-0.39, 0.29) is 25.3 Å². The molecule has 0 radical (unpaired) electrons. The zero-order valence-electron chi connectivity index (χ0n) is 35.6. The molecular weight excluding hydrogens is 722 g/mol. The molecule has 2 heterocycles. The quantitative estimate of drug-likeness (QED) is 0.208. The van der Waals surface area contributed by atoms with Crippen molar-refractivity contribution in [1.29, 1.82) is 0 Å². The molecule has 2 aliphatic heterocycles. The maximum Gasteiger partial charge on any atom is 0.246 e. The van der Waals surface area contributed by atoms with Crippen LogP contribution in [-0.4, -0.2) is 153 Å². The predicted octanol–water partition coefficient (Wildman–Crippen LogP) is 0.648. The molecule has 0 aromatic rings. The lowest BCUT2D eigenvalue weighted by atomic mass is 9.94. The van der Waals surface area contributed by atoms with Crippen LogP contribution in [0.25, 0.3) is 0 Å². The number of hydrogen-bond acceptors (Lipinski definition) is 9. The molecule has 0 aromatic carbocycles. The number of nitrogens with zero attached hydrogens (tertiary/aromatic N) is 4. The van der Waals surface area contributed by atoms with Crippen LogP contribution in [0.3, 0.4) is 0 Å². The Bertz CT molecular complexity index is 1440. The summed E-state index contributed by atoms with van der Waals surface area (Å²) >= 11 is 0. The highest BCUT2D eigenvalue weighted by atomic mass is 16.3. The molecule has 0 saturated carbocycles. The second-order valence-corrected chi connectivity index (χ2v) is 16.5. The van der Waals surface area contributed by atoms with Crippen molar-refractivity contribution in [2.75, 3.05) is 27.7 Å². The van der Waals surface area contributed by atoms with Gasteiger partial charge in [0.05, 0.1) is 12.2 Å². The van der Waals surface area contributed by atoms with Crippen molar-refractivity contribution in [3.8, 4) is 0 Å². The Labute approximate surface area is 333 Å². The highest BCUT2D eigenvalue weighted by molar-refractivity contribution is 5.98. The van der Waals surface area contributed by atoms with Crippen LogP contribution in [0.15, 0.2) is 12.7 Å². The Morgan fingerprint density at radius 1 is 0.696 bits per heavy atom. The largest absolute Gasteiger partial charge is 0.390 e. The van der Waals surface area contributed by atoms with Gasteiger partial charge in [0, 0.05) is 27.7 Å². The molecule has 318 valence electrons. The number of aliphatic hydroxyl groups is 2. The normalized spacial score (nSPS) is 29.6. The summed E-state index contributed by atoms with van der Waals surface area (Å²) in [7, 11) is 4.15. The van der Waals surface area contributed by atoms with E-state index in [1.54, 1.807) is 47.6 Å². The van der Waals surface area contributed by atoms with Crippen molar-refractivity contribution < 1.29 is 43.8 Å². The average molecular weight is 792 g/mol. The Morgan fingerprint density at radius 2 is 1.23 bits per heavy atom. The first-order valence-corrected chi connectivity index (χ1v) is 20.0. The van der Waals surface area contributed by atoms with Gasteiger partial charge in [-0.3, -0.25) is 33.6 Å². The van der Waals surface area contributed by atoms with Gasteiger partial charge in [-0.15, -0.1) is 6.58 Å². The number of allylic oxidation sites excluding steroid dienone is 1.